The lowest BCUT2D eigenvalue weighted by Crippen LogP contribution is -2.13. The monoisotopic (exact) mass is 436 g/mol. The molecule has 2 aromatic carbocycles. The number of nitrogens with zero attached hydrogens (tertiary/aromatic N) is 2. The highest BCUT2D eigenvalue weighted by atomic mass is 35.5. The number of H-pyrrole nitrogens is 1. The van der Waals surface area contributed by atoms with Crippen LogP contribution in [0.4, 0.5) is 5.69 Å². The van der Waals surface area contributed by atoms with Gasteiger partial charge in [0.05, 0.1) is 16.8 Å². The molecular formula is C22H17ClN4O4. The van der Waals surface area contributed by atoms with Crippen LogP contribution in [0.2, 0.25) is 5.15 Å². The van der Waals surface area contributed by atoms with Gasteiger partial charge in [0, 0.05) is 34.8 Å². The molecule has 0 aliphatic carbocycles. The number of aromatic nitrogens is 3. The highest BCUT2D eigenvalue weighted by molar-refractivity contribution is 6.33. The van der Waals surface area contributed by atoms with Crippen LogP contribution < -0.4 is 5.32 Å². The van der Waals surface area contributed by atoms with Crippen LogP contribution in [-0.4, -0.2) is 37.8 Å². The Bertz CT molecular complexity index is 1370. The maximum absolute atomic E-state index is 13.0. The van der Waals surface area contributed by atoms with E-state index in [-0.39, 0.29) is 27.9 Å². The molecule has 0 atom stereocenters. The van der Waals surface area contributed by atoms with Crippen LogP contribution >= 0.6 is 11.6 Å². The smallest absolute Gasteiger partial charge is 0.260 e. The number of anilines is 1. The van der Waals surface area contributed by atoms with E-state index in [1.54, 1.807) is 56.4 Å². The molecule has 0 aliphatic rings. The van der Waals surface area contributed by atoms with E-state index in [4.69, 9.17) is 11.6 Å². The van der Waals surface area contributed by atoms with Crippen molar-refractivity contribution >= 4 is 46.2 Å². The Balaban J connectivity index is 1.62. The fourth-order valence-corrected chi connectivity index (χ4v) is 3.71. The molecule has 2 aromatic heterocycles. The number of ketones is 1. The molecule has 31 heavy (non-hydrogen) atoms. The number of fused-ring (bicyclic) bond motifs is 1. The van der Waals surface area contributed by atoms with Crippen molar-refractivity contribution in [1.29, 1.82) is 0 Å². The minimum atomic E-state index is -0.426. The molecular weight excluding hydrogens is 420 g/mol. The van der Waals surface area contributed by atoms with E-state index in [0.717, 1.165) is 0 Å². The molecule has 0 unspecified atom stereocenters. The Hall–Kier alpha value is -3.91. The summed E-state index contributed by atoms with van der Waals surface area (Å²) in [5, 5.41) is 17.4. The third kappa shape index (κ3) is 3.57. The molecule has 0 saturated heterocycles. The number of hydrogen-bond acceptors (Lipinski definition) is 5. The Morgan fingerprint density at radius 2 is 1.94 bits per heavy atom. The van der Waals surface area contributed by atoms with E-state index in [9.17, 15) is 19.5 Å². The summed E-state index contributed by atoms with van der Waals surface area (Å²) in [6, 6.07) is 11.3. The zero-order valence-corrected chi connectivity index (χ0v) is 17.3. The van der Waals surface area contributed by atoms with Crippen molar-refractivity contribution in [3.63, 3.8) is 0 Å². The van der Waals surface area contributed by atoms with Crippen molar-refractivity contribution < 1.29 is 19.5 Å². The molecule has 1 amide bonds. The van der Waals surface area contributed by atoms with Crippen molar-refractivity contribution in [1.82, 2.24) is 14.8 Å². The molecule has 3 N–H and O–H groups in total. The first kappa shape index (κ1) is 20.4. The van der Waals surface area contributed by atoms with Gasteiger partial charge in [0.25, 0.3) is 5.91 Å². The number of halogens is 1. The third-order valence-electron chi connectivity index (χ3n) is 4.96. The van der Waals surface area contributed by atoms with Gasteiger partial charge in [-0.15, -0.1) is 0 Å². The molecule has 8 nitrogen and oxygen atoms in total. The van der Waals surface area contributed by atoms with E-state index in [2.05, 4.69) is 15.4 Å². The fraction of sp³-hybridized carbons (Fsp3) is 0.0909. The summed E-state index contributed by atoms with van der Waals surface area (Å²) >= 11 is 6.15. The number of aldehydes is 1. The average molecular weight is 437 g/mol. The lowest BCUT2D eigenvalue weighted by Gasteiger charge is -2.08. The van der Waals surface area contributed by atoms with E-state index >= 15 is 0 Å². The number of nitrogens with one attached hydrogen (secondary N) is 2. The number of carbonyl (C=O) groups excluding carboxylic acids is 3. The zero-order valence-electron chi connectivity index (χ0n) is 16.6. The molecule has 0 fully saturated rings. The van der Waals surface area contributed by atoms with E-state index < -0.39 is 5.91 Å². The van der Waals surface area contributed by atoms with Gasteiger partial charge in [-0.1, -0.05) is 35.9 Å². The maximum Gasteiger partial charge on any atom is 0.260 e. The third-order valence-corrected chi connectivity index (χ3v) is 5.39. The minimum Gasteiger partial charge on any atom is -0.494 e. The number of rotatable bonds is 5. The Morgan fingerprint density at radius 1 is 1.19 bits per heavy atom. The summed E-state index contributed by atoms with van der Waals surface area (Å²) in [4.78, 5) is 39.4. The number of aryl methyl sites for hydroxylation is 2. The van der Waals surface area contributed by atoms with Crippen molar-refractivity contribution in [2.75, 3.05) is 5.32 Å². The summed E-state index contributed by atoms with van der Waals surface area (Å²) < 4.78 is 1.41. The van der Waals surface area contributed by atoms with Crippen LogP contribution in [0.15, 0.2) is 42.5 Å². The number of aromatic hydroxyl groups is 1. The Kier molecular flexibility index (Phi) is 5.08. The average Bonchev–Trinajstić information content (AvgIpc) is 3.20. The van der Waals surface area contributed by atoms with Gasteiger partial charge < -0.3 is 15.4 Å². The topological polar surface area (TPSA) is 117 Å². The van der Waals surface area contributed by atoms with Crippen LogP contribution in [0, 0.1) is 6.92 Å². The molecule has 156 valence electrons. The standard InChI is InChI=1S/C22H17ClN4O4/c1-11-18(20(23)27(2)26-11)22(31)24-14-5-3-4-12(8-14)19(29)13-6-7-15-16(10-28)21(30)25-17(15)9-13/h3-10,25,30H,1-2H3,(H,24,31). The number of hydrogen-bond donors (Lipinski definition) is 3. The van der Waals surface area contributed by atoms with E-state index in [1.807, 2.05) is 0 Å². The molecule has 2 heterocycles. The van der Waals surface area contributed by atoms with Crippen molar-refractivity contribution in [3.8, 4) is 5.88 Å². The summed E-state index contributed by atoms with van der Waals surface area (Å²) in [5.74, 6) is -0.955. The first-order valence-corrected chi connectivity index (χ1v) is 9.63. The molecule has 0 bridgehead atoms. The molecule has 0 spiro atoms. The van der Waals surface area contributed by atoms with Crippen molar-refractivity contribution in [2.24, 2.45) is 7.05 Å². The molecule has 0 radical (unpaired) electrons. The summed E-state index contributed by atoms with van der Waals surface area (Å²) in [6.45, 7) is 1.69. The van der Waals surface area contributed by atoms with Crippen LogP contribution in [0.25, 0.3) is 10.9 Å². The molecule has 9 heteroatoms. The molecule has 4 rings (SSSR count). The van der Waals surface area contributed by atoms with Gasteiger partial charge in [-0.25, -0.2) is 0 Å². The number of amides is 1. The summed E-state index contributed by atoms with van der Waals surface area (Å²) in [7, 11) is 1.64. The first-order chi connectivity index (χ1) is 14.8. The number of benzene rings is 2. The van der Waals surface area contributed by atoms with E-state index in [1.165, 1.54) is 4.68 Å². The molecule has 4 aromatic rings. The van der Waals surface area contributed by atoms with Crippen LogP contribution in [0.3, 0.4) is 0 Å². The molecule has 0 aliphatic heterocycles. The fourth-order valence-electron chi connectivity index (χ4n) is 3.45. The predicted octanol–water partition coefficient (Wildman–Crippen LogP) is 3.86. The normalized spacial score (nSPS) is 10.9. The SMILES string of the molecule is Cc1nn(C)c(Cl)c1C(=O)Nc1cccc(C(=O)c2ccc3c(C=O)c(O)[nH]c3c2)c1. The summed E-state index contributed by atoms with van der Waals surface area (Å²) in [5.41, 5.74) is 2.52. The van der Waals surface area contributed by atoms with E-state index in [0.29, 0.717) is 39.7 Å². The van der Waals surface area contributed by atoms with Gasteiger partial charge in [-0.3, -0.25) is 19.1 Å². The van der Waals surface area contributed by atoms with Crippen LogP contribution in [0.5, 0.6) is 5.88 Å². The molecule has 0 saturated carbocycles. The summed E-state index contributed by atoms with van der Waals surface area (Å²) in [6.07, 6.45) is 0.554. The van der Waals surface area contributed by atoms with Gasteiger partial charge >= 0.3 is 0 Å². The minimum absolute atomic E-state index is 0.142. The quantitative estimate of drug-likeness (QED) is 0.324. The van der Waals surface area contributed by atoms with Gasteiger partial charge in [-0.2, -0.15) is 5.10 Å². The van der Waals surface area contributed by atoms with Gasteiger partial charge in [0.1, 0.15) is 5.15 Å². The Morgan fingerprint density at radius 3 is 2.61 bits per heavy atom. The van der Waals surface area contributed by atoms with Gasteiger partial charge in [-0.05, 0) is 25.1 Å². The first-order valence-electron chi connectivity index (χ1n) is 9.25. The van der Waals surface area contributed by atoms with Gasteiger partial charge in [0.2, 0.25) is 0 Å². The Labute approximate surface area is 181 Å². The number of carbonyl (C=O) groups is 3. The zero-order chi connectivity index (χ0) is 22.3. The van der Waals surface area contributed by atoms with Gasteiger partial charge in [0.15, 0.2) is 17.9 Å². The highest BCUT2D eigenvalue weighted by Crippen LogP contribution is 2.27. The highest BCUT2D eigenvalue weighted by Gasteiger charge is 2.20. The lowest BCUT2D eigenvalue weighted by atomic mass is 10.0. The maximum atomic E-state index is 13.0. The lowest BCUT2D eigenvalue weighted by molar-refractivity contribution is 0.102. The van der Waals surface area contributed by atoms with Crippen LogP contribution in [0.1, 0.15) is 42.3 Å². The number of aromatic amines is 1. The second-order valence-electron chi connectivity index (χ2n) is 7.00. The largest absolute Gasteiger partial charge is 0.494 e. The van der Waals surface area contributed by atoms with Crippen molar-refractivity contribution in [2.45, 2.75) is 6.92 Å². The second-order valence-corrected chi connectivity index (χ2v) is 7.36. The second kappa shape index (κ2) is 7.73. The predicted molar refractivity (Wildman–Crippen MR) is 116 cm³/mol. The van der Waals surface area contributed by atoms with Crippen molar-refractivity contribution in [3.05, 3.63) is 75.6 Å². The van der Waals surface area contributed by atoms with Crippen LogP contribution in [-0.2, 0) is 7.05 Å².